The van der Waals surface area contributed by atoms with Gasteiger partial charge in [0.25, 0.3) is 5.91 Å². The lowest BCUT2D eigenvalue weighted by atomic mass is 9.90. The van der Waals surface area contributed by atoms with E-state index in [2.05, 4.69) is 0 Å². The van der Waals surface area contributed by atoms with Crippen LogP contribution in [0.5, 0.6) is 0 Å². The molecule has 114 valence electrons. The normalized spacial score (nSPS) is 21.5. The summed E-state index contributed by atoms with van der Waals surface area (Å²) in [6.07, 6.45) is 4.48. The number of rotatable bonds is 5. The van der Waals surface area contributed by atoms with Crippen LogP contribution in [0.2, 0.25) is 0 Å². The van der Waals surface area contributed by atoms with Gasteiger partial charge in [-0.25, -0.2) is 4.79 Å². The predicted octanol–water partition coefficient (Wildman–Crippen LogP) is 3.27. The number of amides is 1. The summed E-state index contributed by atoms with van der Waals surface area (Å²) in [5, 5.41) is 9.69. The molecule has 1 N–H and O–H groups in total. The van der Waals surface area contributed by atoms with Gasteiger partial charge in [0.15, 0.2) is 0 Å². The fourth-order valence-electron chi connectivity index (χ4n) is 3.14. The van der Waals surface area contributed by atoms with Crippen LogP contribution in [0.15, 0.2) is 29.2 Å². The van der Waals surface area contributed by atoms with Gasteiger partial charge in [-0.3, -0.25) is 4.79 Å². The Morgan fingerprint density at radius 2 is 2.10 bits per heavy atom. The first kappa shape index (κ1) is 15.9. The van der Waals surface area contributed by atoms with Crippen molar-refractivity contribution in [2.45, 2.75) is 43.0 Å². The SMILES string of the molecule is CCCC1(C(=O)O)CCCN1C(=O)c1ccccc1SC. The molecule has 1 amide bonds. The van der Waals surface area contributed by atoms with E-state index in [1.807, 2.05) is 31.4 Å². The maximum absolute atomic E-state index is 12.9. The van der Waals surface area contributed by atoms with Gasteiger partial charge in [0.2, 0.25) is 0 Å². The van der Waals surface area contributed by atoms with Crippen molar-refractivity contribution >= 4 is 23.6 Å². The summed E-state index contributed by atoms with van der Waals surface area (Å²) in [6.45, 7) is 2.48. The lowest BCUT2D eigenvalue weighted by Crippen LogP contribution is -2.53. The molecule has 4 nitrogen and oxygen atoms in total. The summed E-state index contributed by atoms with van der Waals surface area (Å²) in [5.74, 6) is -1.04. The van der Waals surface area contributed by atoms with Gasteiger partial charge >= 0.3 is 5.97 Å². The number of likely N-dealkylation sites (tertiary alicyclic amines) is 1. The van der Waals surface area contributed by atoms with Crippen molar-refractivity contribution in [3.63, 3.8) is 0 Å². The van der Waals surface area contributed by atoms with Crippen LogP contribution in [0.4, 0.5) is 0 Å². The van der Waals surface area contributed by atoms with Gasteiger partial charge in [-0.2, -0.15) is 0 Å². The van der Waals surface area contributed by atoms with E-state index in [9.17, 15) is 14.7 Å². The van der Waals surface area contributed by atoms with Gasteiger partial charge in [-0.05, 0) is 37.7 Å². The minimum Gasteiger partial charge on any atom is -0.479 e. The van der Waals surface area contributed by atoms with Crippen molar-refractivity contribution in [3.8, 4) is 0 Å². The minimum atomic E-state index is -1.03. The van der Waals surface area contributed by atoms with Crippen LogP contribution in [-0.2, 0) is 4.79 Å². The Bertz CT molecular complexity index is 546. The molecule has 1 aliphatic rings. The molecular weight excluding hydrogens is 286 g/mol. The van der Waals surface area contributed by atoms with Crippen molar-refractivity contribution in [1.29, 1.82) is 0 Å². The molecule has 1 unspecified atom stereocenters. The molecule has 0 aliphatic carbocycles. The van der Waals surface area contributed by atoms with Crippen molar-refractivity contribution in [1.82, 2.24) is 4.90 Å². The Morgan fingerprint density at radius 1 is 1.38 bits per heavy atom. The van der Waals surface area contributed by atoms with Gasteiger partial charge in [0.1, 0.15) is 5.54 Å². The van der Waals surface area contributed by atoms with E-state index in [0.29, 0.717) is 24.9 Å². The molecule has 0 spiro atoms. The van der Waals surface area contributed by atoms with E-state index in [1.54, 1.807) is 11.0 Å². The van der Waals surface area contributed by atoms with E-state index < -0.39 is 11.5 Å². The predicted molar refractivity (Wildman–Crippen MR) is 83.8 cm³/mol. The minimum absolute atomic E-state index is 0.159. The monoisotopic (exact) mass is 307 g/mol. The zero-order chi connectivity index (χ0) is 15.5. The highest BCUT2D eigenvalue weighted by molar-refractivity contribution is 7.98. The Hall–Kier alpha value is -1.49. The molecule has 2 rings (SSSR count). The first-order valence-corrected chi connectivity index (χ1v) is 8.47. The van der Waals surface area contributed by atoms with Gasteiger partial charge in [-0.1, -0.05) is 25.5 Å². The zero-order valence-electron chi connectivity index (χ0n) is 12.5. The number of hydrogen-bond acceptors (Lipinski definition) is 3. The average molecular weight is 307 g/mol. The molecule has 1 saturated heterocycles. The smallest absolute Gasteiger partial charge is 0.329 e. The largest absolute Gasteiger partial charge is 0.479 e. The van der Waals surface area contributed by atoms with Crippen LogP contribution in [0.3, 0.4) is 0 Å². The quantitative estimate of drug-likeness (QED) is 0.848. The number of aliphatic carboxylic acids is 1. The molecule has 1 fully saturated rings. The fourth-order valence-corrected chi connectivity index (χ4v) is 3.73. The fraction of sp³-hybridized carbons (Fsp3) is 0.500. The highest BCUT2D eigenvalue weighted by Crippen LogP contribution is 2.36. The molecule has 1 aromatic rings. The summed E-state index contributed by atoms with van der Waals surface area (Å²) in [4.78, 5) is 27.2. The maximum Gasteiger partial charge on any atom is 0.329 e. The average Bonchev–Trinajstić information content (AvgIpc) is 2.92. The molecule has 1 atom stereocenters. The highest BCUT2D eigenvalue weighted by atomic mass is 32.2. The lowest BCUT2D eigenvalue weighted by molar-refractivity contribution is -0.148. The number of carboxylic acids is 1. The molecular formula is C16H21NO3S. The van der Waals surface area contributed by atoms with Gasteiger partial charge in [0.05, 0.1) is 5.56 Å². The van der Waals surface area contributed by atoms with E-state index in [-0.39, 0.29) is 5.91 Å². The zero-order valence-corrected chi connectivity index (χ0v) is 13.3. The Balaban J connectivity index is 2.39. The Kier molecular flexibility index (Phi) is 4.93. The topological polar surface area (TPSA) is 57.6 Å². The van der Waals surface area contributed by atoms with Crippen molar-refractivity contribution in [3.05, 3.63) is 29.8 Å². The summed E-state index contributed by atoms with van der Waals surface area (Å²) in [6, 6.07) is 7.40. The van der Waals surface area contributed by atoms with E-state index in [4.69, 9.17) is 0 Å². The third-order valence-electron chi connectivity index (χ3n) is 4.13. The third-order valence-corrected chi connectivity index (χ3v) is 4.93. The van der Waals surface area contributed by atoms with Gasteiger partial charge in [0, 0.05) is 11.4 Å². The molecule has 0 bridgehead atoms. The van der Waals surface area contributed by atoms with Gasteiger partial charge < -0.3 is 10.0 Å². The van der Waals surface area contributed by atoms with Crippen LogP contribution < -0.4 is 0 Å². The molecule has 1 aliphatic heterocycles. The number of benzene rings is 1. The first-order valence-electron chi connectivity index (χ1n) is 7.25. The number of carboxylic acid groups (broad SMARTS) is 1. The number of hydrogen-bond donors (Lipinski definition) is 1. The molecule has 5 heteroatoms. The first-order chi connectivity index (χ1) is 10.1. The number of carbonyl (C=O) groups excluding carboxylic acids is 1. The lowest BCUT2D eigenvalue weighted by Gasteiger charge is -2.35. The summed E-state index contributed by atoms with van der Waals surface area (Å²) < 4.78 is 0. The Labute approximate surface area is 129 Å². The van der Waals surface area contributed by atoms with Crippen LogP contribution >= 0.6 is 11.8 Å². The van der Waals surface area contributed by atoms with Crippen LogP contribution in [-0.4, -0.2) is 40.2 Å². The number of carbonyl (C=O) groups is 2. The highest BCUT2D eigenvalue weighted by Gasteiger charge is 2.49. The number of thioether (sulfide) groups is 1. The molecule has 0 aromatic heterocycles. The van der Waals surface area contributed by atoms with Crippen molar-refractivity contribution in [2.75, 3.05) is 12.8 Å². The van der Waals surface area contributed by atoms with Crippen LogP contribution in [0, 0.1) is 0 Å². The van der Waals surface area contributed by atoms with Crippen molar-refractivity contribution in [2.24, 2.45) is 0 Å². The molecule has 0 saturated carbocycles. The molecule has 0 radical (unpaired) electrons. The van der Waals surface area contributed by atoms with Crippen LogP contribution in [0.25, 0.3) is 0 Å². The maximum atomic E-state index is 12.9. The number of nitrogens with zero attached hydrogens (tertiary/aromatic N) is 1. The molecule has 1 aromatic carbocycles. The third kappa shape index (κ3) is 2.79. The second-order valence-corrected chi connectivity index (χ2v) is 6.20. The second kappa shape index (κ2) is 6.52. The van der Waals surface area contributed by atoms with Gasteiger partial charge in [-0.15, -0.1) is 11.8 Å². The molecule has 1 heterocycles. The Morgan fingerprint density at radius 3 is 2.71 bits per heavy atom. The van der Waals surface area contributed by atoms with Crippen LogP contribution in [0.1, 0.15) is 43.0 Å². The summed E-state index contributed by atoms with van der Waals surface area (Å²) in [5.41, 5.74) is -0.425. The van der Waals surface area contributed by atoms with Crippen molar-refractivity contribution < 1.29 is 14.7 Å². The summed E-state index contributed by atoms with van der Waals surface area (Å²) >= 11 is 1.51. The molecule has 21 heavy (non-hydrogen) atoms. The second-order valence-electron chi connectivity index (χ2n) is 5.35. The summed E-state index contributed by atoms with van der Waals surface area (Å²) in [7, 11) is 0. The standard InChI is InChI=1S/C16H21NO3S/c1-3-9-16(15(19)20)10-6-11-17(16)14(18)12-7-4-5-8-13(12)21-2/h4-5,7-8H,3,6,9-11H2,1-2H3,(H,19,20). The van der Waals surface area contributed by atoms with E-state index >= 15 is 0 Å². The van der Waals surface area contributed by atoms with E-state index in [1.165, 1.54) is 11.8 Å². The van der Waals surface area contributed by atoms with E-state index in [0.717, 1.165) is 17.7 Å².